The van der Waals surface area contributed by atoms with E-state index in [2.05, 4.69) is 6.07 Å². The fourth-order valence-corrected chi connectivity index (χ4v) is 1.93. The molecule has 1 aliphatic rings. The fraction of sp³-hybridized carbons (Fsp3) is 0.286. The van der Waals surface area contributed by atoms with Gasteiger partial charge in [-0.1, -0.05) is 12.1 Å². The molecule has 1 aromatic carbocycles. The van der Waals surface area contributed by atoms with Crippen LogP contribution in [0.15, 0.2) is 30.3 Å². The van der Waals surface area contributed by atoms with Gasteiger partial charge in [-0.25, -0.2) is 0 Å². The highest BCUT2D eigenvalue weighted by Gasteiger charge is 2.22. The van der Waals surface area contributed by atoms with E-state index in [0.717, 1.165) is 5.56 Å². The van der Waals surface area contributed by atoms with Gasteiger partial charge in [-0.2, -0.15) is 5.26 Å². The first-order valence-corrected chi connectivity index (χ1v) is 5.84. The first-order valence-electron chi connectivity index (χ1n) is 5.84. The summed E-state index contributed by atoms with van der Waals surface area (Å²) in [5.41, 5.74) is 1.39. The Morgan fingerprint density at radius 2 is 2.39 bits per heavy atom. The van der Waals surface area contributed by atoms with Gasteiger partial charge in [0.1, 0.15) is 0 Å². The van der Waals surface area contributed by atoms with Crippen molar-refractivity contribution in [1.82, 2.24) is 4.90 Å². The molecule has 1 fully saturated rings. The van der Waals surface area contributed by atoms with Gasteiger partial charge in [0.25, 0.3) is 0 Å². The number of hydrogen-bond acceptors (Lipinski definition) is 3. The smallest absolute Gasteiger partial charge is 0.246 e. The molecule has 1 aromatic rings. The van der Waals surface area contributed by atoms with Crippen LogP contribution in [0.1, 0.15) is 17.5 Å². The van der Waals surface area contributed by atoms with Crippen LogP contribution >= 0.6 is 0 Å². The summed E-state index contributed by atoms with van der Waals surface area (Å²) in [6.07, 6.45) is 3.41. The normalized spacial score (nSPS) is 19.1. The largest absolute Gasteiger partial charge is 0.391 e. The van der Waals surface area contributed by atoms with Gasteiger partial charge in [-0.15, -0.1) is 0 Å². The van der Waals surface area contributed by atoms with Gasteiger partial charge < -0.3 is 10.0 Å². The predicted molar refractivity (Wildman–Crippen MR) is 67.4 cm³/mol. The van der Waals surface area contributed by atoms with E-state index >= 15 is 0 Å². The summed E-state index contributed by atoms with van der Waals surface area (Å²) in [5, 5.41) is 18.1. The number of aliphatic hydroxyl groups excluding tert-OH is 1. The van der Waals surface area contributed by atoms with Crippen molar-refractivity contribution in [3.05, 3.63) is 41.5 Å². The Labute approximate surface area is 106 Å². The molecule has 1 N–H and O–H groups in total. The summed E-state index contributed by atoms with van der Waals surface area (Å²) in [6, 6.07) is 9.11. The number of benzene rings is 1. The average Bonchev–Trinajstić information content (AvgIpc) is 2.83. The van der Waals surface area contributed by atoms with E-state index in [0.29, 0.717) is 25.1 Å². The minimum atomic E-state index is -0.399. The van der Waals surface area contributed by atoms with Crippen molar-refractivity contribution in [3.63, 3.8) is 0 Å². The Bertz CT molecular complexity index is 517. The number of carbonyl (C=O) groups excluding carboxylic acids is 1. The van der Waals surface area contributed by atoms with Crippen molar-refractivity contribution in [2.45, 2.75) is 12.5 Å². The van der Waals surface area contributed by atoms with E-state index in [1.807, 2.05) is 6.07 Å². The molecule has 1 heterocycles. The second-order valence-electron chi connectivity index (χ2n) is 4.30. The number of rotatable bonds is 2. The molecule has 1 unspecified atom stereocenters. The molecule has 0 bridgehead atoms. The summed E-state index contributed by atoms with van der Waals surface area (Å²) in [4.78, 5) is 13.4. The zero-order valence-corrected chi connectivity index (χ0v) is 9.91. The SMILES string of the molecule is N#Cc1cccc(/C=C/C(=O)N2CCC(O)C2)c1. The number of β-amino-alcohol motifs (C(OH)–C–C–N with tert-alkyl or cyclic N) is 1. The second kappa shape index (κ2) is 5.48. The maximum atomic E-state index is 11.8. The molecule has 92 valence electrons. The highest BCUT2D eigenvalue weighted by atomic mass is 16.3. The standard InChI is InChI=1S/C14H14N2O2/c15-9-12-3-1-2-11(8-12)4-5-14(18)16-7-6-13(17)10-16/h1-5,8,13,17H,6-7,10H2/b5-4+. The van der Waals surface area contributed by atoms with Crippen molar-refractivity contribution < 1.29 is 9.90 Å². The van der Waals surface area contributed by atoms with Crippen LogP contribution in [-0.2, 0) is 4.79 Å². The van der Waals surface area contributed by atoms with Crippen LogP contribution in [0.3, 0.4) is 0 Å². The van der Waals surface area contributed by atoms with E-state index in [9.17, 15) is 9.90 Å². The average molecular weight is 242 g/mol. The summed E-state index contributed by atoms with van der Waals surface area (Å²) in [6.45, 7) is 1.00. The Balaban J connectivity index is 2.02. The van der Waals surface area contributed by atoms with Crippen LogP contribution < -0.4 is 0 Å². The lowest BCUT2D eigenvalue weighted by Crippen LogP contribution is -2.27. The van der Waals surface area contributed by atoms with Gasteiger partial charge >= 0.3 is 0 Å². The molecule has 0 saturated carbocycles. The van der Waals surface area contributed by atoms with Crippen molar-refractivity contribution in [3.8, 4) is 6.07 Å². The molecule has 18 heavy (non-hydrogen) atoms. The lowest BCUT2D eigenvalue weighted by atomic mass is 10.1. The number of likely N-dealkylation sites (tertiary alicyclic amines) is 1. The Kier molecular flexibility index (Phi) is 3.75. The third-order valence-electron chi connectivity index (χ3n) is 2.91. The van der Waals surface area contributed by atoms with Crippen LogP contribution in [0.25, 0.3) is 6.08 Å². The van der Waals surface area contributed by atoms with E-state index in [-0.39, 0.29) is 5.91 Å². The summed E-state index contributed by atoms with van der Waals surface area (Å²) >= 11 is 0. The number of nitrogens with zero attached hydrogens (tertiary/aromatic N) is 2. The van der Waals surface area contributed by atoms with Gasteiger partial charge in [-0.05, 0) is 30.2 Å². The van der Waals surface area contributed by atoms with Crippen LogP contribution in [0.5, 0.6) is 0 Å². The molecule has 2 rings (SSSR count). The van der Waals surface area contributed by atoms with Crippen LogP contribution in [-0.4, -0.2) is 35.1 Å². The highest BCUT2D eigenvalue weighted by molar-refractivity contribution is 5.92. The number of carbonyl (C=O) groups is 1. The van der Waals surface area contributed by atoms with Gasteiger partial charge in [0.15, 0.2) is 0 Å². The van der Waals surface area contributed by atoms with Crippen molar-refractivity contribution >= 4 is 12.0 Å². The van der Waals surface area contributed by atoms with Gasteiger partial charge in [0.05, 0.1) is 17.7 Å². The molecule has 4 nitrogen and oxygen atoms in total. The Hall–Kier alpha value is -2.12. The maximum Gasteiger partial charge on any atom is 0.246 e. The molecular weight excluding hydrogens is 228 g/mol. The van der Waals surface area contributed by atoms with E-state index < -0.39 is 6.10 Å². The first kappa shape index (κ1) is 12.3. The zero-order valence-electron chi connectivity index (χ0n) is 9.91. The molecular formula is C14H14N2O2. The molecule has 0 aliphatic carbocycles. The summed E-state index contributed by atoms with van der Waals surface area (Å²) in [5.74, 6) is -0.103. The van der Waals surface area contributed by atoms with E-state index in [1.54, 1.807) is 29.2 Å². The van der Waals surface area contributed by atoms with Crippen LogP contribution in [0.4, 0.5) is 0 Å². The second-order valence-corrected chi connectivity index (χ2v) is 4.30. The van der Waals surface area contributed by atoms with Gasteiger partial charge in [-0.3, -0.25) is 4.79 Å². The number of hydrogen-bond donors (Lipinski definition) is 1. The molecule has 0 spiro atoms. The minimum Gasteiger partial charge on any atom is -0.391 e. The molecule has 1 saturated heterocycles. The van der Waals surface area contributed by atoms with Crippen molar-refractivity contribution in [1.29, 1.82) is 5.26 Å². The lowest BCUT2D eigenvalue weighted by molar-refractivity contribution is -0.125. The zero-order chi connectivity index (χ0) is 13.0. The van der Waals surface area contributed by atoms with Gasteiger partial charge in [0, 0.05) is 19.2 Å². The fourth-order valence-electron chi connectivity index (χ4n) is 1.93. The Morgan fingerprint density at radius 1 is 1.56 bits per heavy atom. The third kappa shape index (κ3) is 2.96. The number of nitriles is 1. The predicted octanol–water partition coefficient (Wildman–Crippen LogP) is 1.16. The molecule has 1 aliphatic heterocycles. The number of amides is 1. The first-order chi connectivity index (χ1) is 8.69. The summed E-state index contributed by atoms with van der Waals surface area (Å²) < 4.78 is 0. The highest BCUT2D eigenvalue weighted by Crippen LogP contribution is 2.11. The van der Waals surface area contributed by atoms with Crippen LogP contribution in [0.2, 0.25) is 0 Å². The third-order valence-corrected chi connectivity index (χ3v) is 2.91. The summed E-state index contributed by atoms with van der Waals surface area (Å²) in [7, 11) is 0. The van der Waals surface area contributed by atoms with Crippen molar-refractivity contribution in [2.75, 3.05) is 13.1 Å². The molecule has 1 amide bonds. The monoisotopic (exact) mass is 242 g/mol. The minimum absolute atomic E-state index is 0.103. The number of aliphatic hydroxyl groups is 1. The molecule has 0 radical (unpaired) electrons. The van der Waals surface area contributed by atoms with Gasteiger partial charge in [0.2, 0.25) is 5.91 Å². The molecule has 0 aromatic heterocycles. The van der Waals surface area contributed by atoms with E-state index in [4.69, 9.17) is 5.26 Å². The van der Waals surface area contributed by atoms with Crippen LogP contribution in [0, 0.1) is 11.3 Å². The molecule has 1 atom stereocenters. The lowest BCUT2D eigenvalue weighted by Gasteiger charge is -2.12. The quantitative estimate of drug-likeness (QED) is 0.792. The topological polar surface area (TPSA) is 64.3 Å². The van der Waals surface area contributed by atoms with Crippen molar-refractivity contribution in [2.24, 2.45) is 0 Å². The molecule has 4 heteroatoms. The van der Waals surface area contributed by atoms with E-state index in [1.165, 1.54) is 6.08 Å². The Morgan fingerprint density at radius 3 is 3.06 bits per heavy atom. The maximum absolute atomic E-state index is 11.8.